The summed E-state index contributed by atoms with van der Waals surface area (Å²) >= 11 is 0. The Hall–Kier alpha value is -3.26. The van der Waals surface area contributed by atoms with Gasteiger partial charge in [0, 0.05) is 23.3 Å². The van der Waals surface area contributed by atoms with Crippen LogP contribution in [0.2, 0.25) is 0 Å². The molecular weight excluding hydrogens is 276 g/mol. The van der Waals surface area contributed by atoms with Gasteiger partial charge in [-0.1, -0.05) is 12.1 Å². The maximum Gasteiger partial charge on any atom is 0.267 e. The lowest BCUT2D eigenvalue weighted by Crippen LogP contribution is -2.15. The molecular formula is C17H12N4O. The van der Waals surface area contributed by atoms with Crippen molar-refractivity contribution in [3.8, 4) is 17.2 Å². The average molecular weight is 288 g/mol. The average Bonchev–Trinajstić information content (AvgIpc) is 2.53. The van der Waals surface area contributed by atoms with E-state index in [-0.39, 0.29) is 5.69 Å². The van der Waals surface area contributed by atoms with E-state index in [9.17, 15) is 4.79 Å². The molecule has 0 fully saturated rings. The first kappa shape index (κ1) is 13.7. The summed E-state index contributed by atoms with van der Waals surface area (Å²) in [6.07, 6.45) is 3.39. The van der Waals surface area contributed by atoms with Crippen LogP contribution in [0.4, 0.5) is 0 Å². The molecule has 3 rings (SSSR count). The Bertz CT molecular complexity index is 924. The van der Waals surface area contributed by atoms with Crippen molar-refractivity contribution in [2.45, 2.75) is 6.92 Å². The van der Waals surface area contributed by atoms with Gasteiger partial charge in [0.1, 0.15) is 5.69 Å². The number of aromatic nitrogens is 2. The monoisotopic (exact) mass is 288 g/mol. The molecule has 106 valence electrons. The van der Waals surface area contributed by atoms with Crippen LogP contribution in [0, 0.1) is 18.3 Å². The highest BCUT2D eigenvalue weighted by Gasteiger charge is 2.12. The summed E-state index contributed by atoms with van der Waals surface area (Å²) in [5, 5.41) is 9.71. The summed E-state index contributed by atoms with van der Waals surface area (Å²) < 4.78 is 0. The van der Waals surface area contributed by atoms with Gasteiger partial charge in [-0.25, -0.2) is 4.98 Å². The van der Waals surface area contributed by atoms with Gasteiger partial charge in [-0.3, -0.25) is 9.78 Å². The van der Waals surface area contributed by atoms with Crippen molar-refractivity contribution in [1.29, 1.82) is 5.26 Å². The zero-order chi connectivity index (χ0) is 15.7. The Morgan fingerprint density at radius 1 is 1.23 bits per heavy atom. The van der Waals surface area contributed by atoms with E-state index in [1.807, 2.05) is 18.2 Å². The van der Waals surface area contributed by atoms with Gasteiger partial charge in [0.15, 0.2) is 0 Å². The summed E-state index contributed by atoms with van der Waals surface area (Å²) in [7, 11) is 0. The molecule has 5 heteroatoms. The van der Waals surface area contributed by atoms with Gasteiger partial charge in [-0.15, -0.1) is 0 Å². The minimum Gasteiger partial charge on any atom is -0.364 e. The number of pyridine rings is 2. The fourth-order valence-electron chi connectivity index (χ4n) is 2.39. The van der Waals surface area contributed by atoms with Crippen molar-refractivity contribution < 1.29 is 4.79 Å². The number of rotatable bonds is 2. The van der Waals surface area contributed by atoms with E-state index in [1.54, 1.807) is 31.5 Å². The molecule has 0 unspecified atom stereocenters. The lowest BCUT2D eigenvalue weighted by atomic mass is 10.0. The van der Waals surface area contributed by atoms with Crippen LogP contribution >= 0.6 is 0 Å². The molecule has 3 aromatic rings. The van der Waals surface area contributed by atoms with Crippen molar-refractivity contribution in [2.24, 2.45) is 5.73 Å². The Labute approximate surface area is 127 Å². The maximum absolute atomic E-state index is 11.5. The SMILES string of the molecule is Cc1cc2cncc(-c3ccc(C#N)cc3)c2nc1C(N)=O. The molecule has 22 heavy (non-hydrogen) atoms. The highest BCUT2D eigenvalue weighted by Crippen LogP contribution is 2.27. The molecule has 0 bridgehead atoms. The number of carbonyl (C=O) groups excluding carboxylic acids is 1. The van der Waals surface area contributed by atoms with E-state index in [2.05, 4.69) is 16.0 Å². The van der Waals surface area contributed by atoms with Crippen molar-refractivity contribution in [3.63, 3.8) is 0 Å². The molecule has 0 aliphatic carbocycles. The standard InChI is InChI=1S/C17H12N4O/c1-10-6-13-8-20-9-14(16(13)21-15(10)17(19)22)12-4-2-11(7-18)3-5-12/h2-6,8-9H,1H3,(H2,19,22). The van der Waals surface area contributed by atoms with Gasteiger partial charge in [0.05, 0.1) is 17.1 Å². The predicted octanol–water partition coefficient (Wildman–Crippen LogP) is 2.58. The van der Waals surface area contributed by atoms with Crippen molar-refractivity contribution in [1.82, 2.24) is 9.97 Å². The Kier molecular flexibility index (Phi) is 3.28. The predicted molar refractivity (Wildman–Crippen MR) is 82.9 cm³/mol. The third-order valence-corrected chi connectivity index (χ3v) is 3.47. The van der Waals surface area contributed by atoms with Crippen molar-refractivity contribution in [3.05, 3.63) is 59.5 Å². The van der Waals surface area contributed by atoms with E-state index in [1.165, 1.54) is 0 Å². The first-order valence-electron chi connectivity index (χ1n) is 6.66. The second kappa shape index (κ2) is 5.26. The van der Waals surface area contributed by atoms with E-state index < -0.39 is 5.91 Å². The molecule has 0 radical (unpaired) electrons. The van der Waals surface area contributed by atoms with Crippen LogP contribution in [0.5, 0.6) is 0 Å². The molecule has 0 spiro atoms. The summed E-state index contributed by atoms with van der Waals surface area (Å²) in [4.78, 5) is 20.1. The topological polar surface area (TPSA) is 92.7 Å². The van der Waals surface area contributed by atoms with E-state index in [0.717, 1.165) is 22.1 Å². The van der Waals surface area contributed by atoms with Gasteiger partial charge in [0.2, 0.25) is 0 Å². The zero-order valence-corrected chi connectivity index (χ0v) is 11.9. The number of benzene rings is 1. The number of hydrogen-bond acceptors (Lipinski definition) is 4. The summed E-state index contributed by atoms with van der Waals surface area (Å²) in [5.41, 5.74) is 9.28. The van der Waals surface area contributed by atoms with Crippen molar-refractivity contribution in [2.75, 3.05) is 0 Å². The zero-order valence-electron chi connectivity index (χ0n) is 11.9. The van der Waals surface area contributed by atoms with Gasteiger partial charge in [0.25, 0.3) is 5.91 Å². The van der Waals surface area contributed by atoms with E-state index in [4.69, 9.17) is 11.0 Å². The van der Waals surface area contributed by atoms with Crippen LogP contribution in [-0.2, 0) is 0 Å². The number of nitrogens with zero attached hydrogens (tertiary/aromatic N) is 3. The fraction of sp³-hybridized carbons (Fsp3) is 0.0588. The summed E-state index contributed by atoms with van der Waals surface area (Å²) in [5.74, 6) is -0.554. The number of fused-ring (bicyclic) bond motifs is 1. The van der Waals surface area contributed by atoms with Crippen LogP contribution in [0.25, 0.3) is 22.0 Å². The number of nitrogens with two attached hydrogens (primary N) is 1. The molecule has 0 aliphatic rings. The van der Waals surface area contributed by atoms with Crippen LogP contribution in [0.3, 0.4) is 0 Å². The first-order chi connectivity index (χ1) is 10.6. The number of aryl methyl sites for hydroxylation is 1. The summed E-state index contributed by atoms with van der Waals surface area (Å²) in [6.45, 7) is 1.79. The van der Waals surface area contributed by atoms with Gasteiger partial charge in [-0.2, -0.15) is 5.26 Å². The molecule has 0 saturated carbocycles. The largest absolute Gasteiger partial charge is 0.364 e. The number of carbonyl (C=O) groups is 1. The fourth-order valence-corrected chi connectivity index (χ4v) is 2.39. The number of amides is 1. The Balaban J connectivity index is 2.27. The third-order valence-electron chi connectivity index (χ3n) is 3.47. The van der Waals surface area contributed by atoms with Crippen LogP contribution in [-0.4, -0.2) is 15.9 Å². The minimum atomic E-state index is -0.554. The van der Waals surface area contributed by atoms with E-state index in [0.29, 0.717) is 11.1 Å². The summed E-state index contributed by atoms with van der Waals surface area (Å²) in [6, 6.07) is 11.1. The molecule has 1 amide bonds. The molecule has 2 N–H and O–H groups in total. The lowest BCUT2D eigenvalue weighted by molar-refractivity contribution is 0.0995. The molecule has 0 aliphatic heterocycles. The molecule has 2 aromatic heterocycles. The third kappa shape index (κ3) is 2.27. The van der Waals surface area contributed by atoms with Crippen LogP contribution < -0.4 is 5.73 Å². The van der Waals surface area contributed by atoms with Gasteiger partial charge >= 0.3 is 0 Å². The van der Waals surface area contributed by atoms with Crippen LogP contribution in [0.15, 0.2) is 42.7 Å². The second-order valence-electron chi connectivity index (χ2n) is 4.97. The Morgan fingerprint density at radius 3 is 2.59 bits per heavy atom. The molecule has 0 atom stereocenters. The normalized spacial score (nSPS) is 10.4. The Morgan fingerprint density at radius 2 is 1.95 bits per heavy atom. The highest BCUT2D eigenvalue weighted by molar-refractivity contribution is 5.99. The van der Waals surface area contributed by atoms with E-state index >= 15 is 0 Å². The van der Waals surface area contributed by atoms with Gasteiger partial charge in [-0.05, 0) is 36.2 Å². The number of hydrogen-bond donors (Lipinski definition) is 1. The minimum absolute atomic E-state index is 0.258. The van der Waals surface area contributed by atoms with Gasteiger partial charge < -0.3 is 5.73 Å². The number of primary amides is 1. The molecule has 5 nitrogen and oxygen atoms in total. The van der Waals surface area contributed by atoms with Crippen LogP contribution in [0.1, 0.15) is 21.6 Å². The first-order valence-corrected chi connectivity index (χ1v) is 6.66. The number of nitriles is 1. The highest BCUT2D eigenvalue weighted by atomic mass is 16.1. The second-order valence-corrected chi connectivity index (χ2v) is 4.97. The smallest absolute Gasteiger partial charge is 0.267 e. The maximum atomic E-state index is 11.5. The lowest BCUT2D eigenvalue weighted by Gasteiger charge is -2.08. The van der Waals surface area contributed by atoms with Crippen molar-refractivity contribution >= 4 is 16.8 Å². The quantitative estimate of drug-likeness (QED) is 0.784. The molecule has 2 heterocycles. The molecule has 0 saturated heterocycles. The molecule has 1 aromatic carbocycles.